The Hall–Kier alpha value is -1.36. The smallest absolute Gasteiger partial charge is 0.258 e. The van der Waals surface area contributed by atoms with E-state index in [-0.39, 0.29) is 11.9 Å². The zero-order chi connectivity index (χ0) is 9.14. The molecule has 0 radical (unpaired) electrons. The second kappa shape index (κ2) is 3.36. The van der Waals surface area contributed by atoms with Crippen LogP contribution in [0.2, 0.25) is 0 Å². The van der Waals surface area contributed by atoms with Crippen LogP contribution >= 0.6 is 0 Å². The highest BCUT2D eigenvalue weighted by atomic mass is 16.2. The van der Waals surface area contributed by atoms with Gasteiger partial charge in [-0.15, -0.1) is 0 Å². The van der Waals surface area contributed by atoms with Crippen molar-refractivity contribution in [3.8, 4) is 0 Å². The van der Waals surface area contributed by atoms with Crippen LogP contribution in [0.15, 0.2) is 12.3 Å². The van der Waals surface area contributed by atoms with Crippen LogP contribution in [0, 0.1) is 6.92 Å². The molecule has 1 heterocycles. The minimum absolute atomic E-state index is 0.252. The summed E-state index contributed by atoms with van der Waals surface area (Å²) in [6.45, 7) is 3.60. The molecular formula is C7H12N4O. The number of amides is 1. The van der Waals surface area contributed by atoms with Crippen LogP contribution in [-0.4, -0.2) is 15.7 Å². The van der Waals surface area contributed by atoms with Gasteiger partial charge in [0.2, 0.25) is 0 Å². The Bertz CT molecular complexity index is 281. The summed E-state index contributed by atoms with van der Waals surface area (Å²) in [6, 6.07) is 1.48. The molecule has 66 valence electrons. The van der Waals surface area contributed by atoms with Crippen molar-refractivity contribution in [2.75, 3.05) is 0 Å². The molecule has 5 nitrogen and oxygen atoms in total. The number of carbonyl (C=O) groups excluding carboxylic acids is 1. The number of nitrogens with one attached hydrogen (secondary N) is 1. The Morgan fingerprint density at radius 1 is 1.83 bits per heavy atom. The summed E-state index contributed by atoms with van der Waals surface area (Å²) in [6.07, 6.45) is 1.75. The van der Waals surface area contributed by atoms with Gasteiger partial charge in [-0.25, -0.2) is 5.84 Å². The molecule has 1 atom stereocenters. The number of nitrogens with two attached hydrogens (primary N) is 1. The third-order valence-electron chi connectivity index (χ3n) is 1.66. The van der Waals surface area contributed by atoms with Crippen LogP contribution in [-0.2, 0) is 4.79 Å². The zero-order valence-corrected chi connectivity index (χ0v) is 7.11. The first-order valence-corrected chi connectivity index (χ1v) is 3.67. The second-order valence-corrected chi connectivity index (χ2v) is 2.62. The van der Waals surface area contributed by atoms with E-state index in [9.17, 15) is 4.79 Å². The van der Waals surface area contributed by atoms with Gasteiger partial charge in [0.25, 0.3) is 5.91 Å². The molecule has 0 aliphatic heterocycles. The highest BCUT2D eigenvalue weighted by molar-refractivity contribution is 5.79. The SMILES string of the molecule is Cc1ccn([C@H](C)C(=O)NN)n1. The standard InChI is InChI=1S/C7H12N4O/c1-5-3-4-11(10-5)6(2)7(12)9-8/h3-4,6H,8H2,1-2H3,(H,9,12)/t6-/m1/s1. The molecule has 1 aromatic rings. The summed E-state index contributed by atoms with van der Waals surface area (Å²) in [5.41, 5.74) is 2.95. The summed E-state index contributed by atoms with van der Waals surface area (Å²) in [5.74, 6) is 4.72. The number of hydrazine groups is 1. The van der Waals surface area contributed by atoms with Gasteiger partial charge in [-0.2, -0.15) is 5.10 Å². The van der Waals surface area contributed by atoms with Crippen molar-refractivity contribution < 1.29 is 4.79 Å². The van der Waals surface area contributed by atoms with E-state index in [1.165, 1.54) is 0 Å². The van der Waals surface area contributed by atoms with Crippen molar-refractivity contribution in [1.82, 2.24) is 15.2 Å². The molecule has 5 heteroatoms. The van der Waals surface area contributed by atoms with E-state index < -0.39 is 0 Å². The minimum Gasteiger partial charge on any atom is -0.292 e. The Morgan fingerprint density at radius 3 is 2.92 bits per heavy atom. The van der Waals surface area contributed by atoms with Gasteiger partial charge in [0.1, 0.15) is 6.04 Å². The number of aromatic nitrogens is 2. The summed E-state index contributed by atoms with van der Waals surface area (Å²) < 4.78 is 1.57. The van der Waals surface area contributed by atoms with E-state index in [0.717, 1.165) is 5.69 Å². The average molecular weight is 168 g/mol. The highest BCUT2D eigenvalue weighted by Crippen LogP contribution is 2.04. The number of rotatable bonds is 2. The Kier molecular flexibility index (Phi) is 2.44. The van der Waals surface area contributed by atoms with Gasteiger partial charge in [0, 0.05) is 6.20 Å². The van der Waals surface area contributed by atoms with E-state index in [1.54, 1.807) is 17.8 Å². The fraction of sp³-hybridized carbons (Fsp3) is 0.429. The average Bonchev–Trinajstić information content (AvgIpc) is 2.49. The zero-order valence-electron chi connectivity index (χ0n) is 7.11. The van der Waals surface area contributed by atoms with Crippen molar-refractivity contribution in [2.45, 2.75) is 19.9 Å². The number of nitrogens with zero attached hydrogens (tertiary/aromatic N) is 2. The maximum Gasteiger partial charge on any atom is 0.258 e. The van der Waals surface area contributed by atoms with Gasteiger partial charge in [0.05, 0.1) is 5.69 Å². The van der Waals surface area contributed by atoms with Crippen LogP contribution in [0.4, 0.5) is 0 Å². The largest absolute Gasteiger partial charge is 0.292 e. The van der Waals surface area contributed by atoms with Gasteiger partial charge in [0.15, 0.2) is 0 Å². The summed E-state index contributed by atoms with van der Waals surface area (Å²) in [4.78, 5) is 11.0. The molecule has 0 unspecified atom stereocenters. The van der Waals surface area contributed by atoms with E-state index in [0.29, 0.717) is 0 Å². The minimum atomic E-state index is -0.358. The molecular weight excluding hydrogens is 156 g/mol. The maximum atomic E-state index is 11.0. The summed E-state index contributed by atoms with van der Waals surface area (Å²) >= 11 is 0. The Morgan fingerprint density at radius 2 is 2.50 bits per heavy atom. The molecule has 0 fully saturated rings. The number of hydrogen-bond acceptors (Lipinski definition) is 3. The molecule has 0 spiro atoms. The van der Waals surface area contributed by atoms with E-state index in [4.69, 9.17) is 5.84 Å². The van der Waals surface area contributed by atoms with Crippen molar-refractivity contribution >= 4 is 5.91 Å². The van der Waals surface area contributed by atoms with Crippen LogP contribution in [0.5, 0.6) is 0 Å². The molecule has 1 amide bonds. The molecule has 0 aromatic carbocycles. The molecule has 12 heavy (non-hydrogen) atoms. The molecule has 3 N–H and O–H groups in total. The lowest BCUT2D eigenvalue weighted by atomic mass is 10.3. The summed E-state index contributed by atoms with van der Waals surface area (Å²) in [5, 5.41) is 4.08. The van der Waals surface area contributed by atoms with Crippen LogP contribution in [0.3, 0.4) is 0 Å². The molecule has 0 saturated carbocycles. The summed E-state index contributed by atoms with van der Waals surface area (Å²) in [7, 11) is 0. The third-order valence-corrected chi connectivity index (χ3v) is 1.66. The highest BCUT2D eigenvalue weighted by Gasteiger charge is 2.13. The van der Waals surface area contributed by atoms with Crippen molar-refractivity contribution in [3.63, 3.8) is 0 Å². The maximum absolute atomic E-state index is 11.0. The monoisotopic (exact) mass is 168 g/mol. The van der Waals surface area contributed by atoms with Gasteiger partial charge in [-0.1, -0.05) is 0 Å². The number of aryl methyl sites for hydroxylation is 1. The molecule has 0 aliphatic rings. The first kappa shape index (κ1) is 8.73. The molecule has 1 rings (SSSR count). The molecule has 1 aromatic heterocycles. The Labute approximate surface area is 70.5 Å². The van der Waals surface area contributed by atoms with E-state index >= 15 is 0 Å². The third kappa shape index (κ3) is 1.62. The van der Waals surface area contributed by atoms with Crippen LogP contribution < -0.4 is 11.3 Å². The lowest BCUT2D eigenvalue weighted by Crippen LogP contribution is -2.36. The normalized spacial score (nSPS) is 12.6. The van der Waals surface area contributed by atoms with Crippen LogP contribution in [0.1, 0.15) is 18.7 Å². The number of hydrogen-bond donors (Lipinski definition) is 2. The van der Waals surface area contributed by atoms with Gasteiger partial charge >= 0.3 is 0 Å². The van der Waals surface area contributed by atoms with Crippen molar-refractivity contribution in [1.29, 1.82) is 0 Å². The fourth-order valence-corrected chi connectivity index (χ4v) is 0.889. The van der Waals surface area contributed by atoms with Crippen molar-refractivity contribution in [2.24, 2.45) is 5.84 Å². The predicted molar refractivity (Wildman–Crippen MR) is 44.0 cm³/mol. The Balaban J connectivity index is 2.77. The lowest BCUT2D eigenvalue weighted by molar-refractivity contribution is -0.124. The number of carbonyl (C=O) groups is 1. The van der Waals surface area contributed by atoms with E-state index in [2.05, 4.69) is 10.5 Å². The fourth-order valence-electron chi connectivity index (χ4n) is 0.889. The van der Waals surface area contributed by atoms with Gasteiger partial charge in [-0.3, -0.25) is 14.9 Å². The lowest BCUT2D eigenvalue weighted by Gasteiger charge is -2.09. The predicted octanol–water partition coefficient (Wildman–Crippen LogP) is -0.258. The van der Waals surface area contributed by atoms with Crippen LogP contribution in [0.25, 0.3) is 0 Å². The molecule has 0 bridgehead atoms. The molecule has 0 saturated heterocycles. The molecule has 0 aliphatic carbocycles. The van der Waals surface area contributed by atoms with Gasteiger partial charge in [-0.05, 0) is 19.9 Å². The van der Waals surface area contributed by atoms with E-state index in [1.807, 2.05) is 13.0 Å². The first-order chi connectivity index (χ1) is 5.65. The van der Waals surface area contributed by atoms with Gasteiger partial charge < -0.3 is 0 Å². The first-order valence-electron chi connectivity index (χ1n) is 3.67. The quantitative estimate of drug-likeness (QED) is 0.363. The topological polar surface area (TPSA) is 72.9 Å². The second-order valence-electron chi connectivity index (χ2n) is 2.62. The van der Waals surface area contributed by atoms with Crippen molar-refractivity contribution in [3.05, 3.63) is 18.0 Å².